The molecule has 0 rings (SSSR count). The molecule has 0 saturated carbocycles. The molecule has 0 radical (unpaired) electrons. The van der Waals surface area contributed by atoms with Gasteiger partial charge in [-0.3, -0.25) is 9.59 Å². The fourth-order valence-corrected chi connectivity index (χ4v) is 9.66. The van der Waals surface area contributed by atoms with Crippen LogP contribution in [0.1, 0.15) is 335 Å². The summed E-state index contributed by atoms with van der Waals surface area (Å²) >= 11 is 0. The highest BCUT2D eigenvalue weighted by Crippen LogP contribution is 2.17. The van der Waals surface area contributed by atoms with Gasteiger partial charge in [0, 0.05) is 12.8 Å². The highest BCUT2D eigenvalue weighted by Gasteiger charge is 2.18. The fourth-order valence-electron chi connectivity index (χ4n) is 9.66. The van der Waals surface area contributed by atoms with Crippen molar-refractivity contribution in [2.75, 3.05) is 13.2 Å². The lowest BCUT2D eigenvalue weighted by Crippen LogP contribution is -2.45. The first kappa shape index (κ1) is 69.8. The molecule has 0 aromatic heterocycles. The van der Waals surface area contributed by atoms with E-state index in [1.807, 2.05) is 6.08 Å². The Morgan fingerprint density at radius 2 is 0.694 bits per heavy atom. The van der Waals surface area contributed by atoms with Crippen molar-refractivity contribution in [3.8, 4) is 0 Å². The normalized spacial score (nSPS) is 12.9. The second kappa shape index (κ2) is 61.4. The molecule has 0 saturated heterocycles. The summed E-state index contributed by atoms with van der Waals surface area (Å²) in [4.78, 5) is 24.5. The van der Waals surface area contributed by atoms with Crippen LogP contribution in [0.15, 0.2) is 48.6 Å². The number of amides is 1. The van der Waals surface area contributed by atoms with Crippen molar-refractivity contribution in [1.82, 2.24) is 5.32 Å². The number of nitrogens with one attached hydrogen (secondary N) is 1. The average molecular weight is 1010 g/mol. The van der Waals surface area contributed by atoms with Gasteiger partial charge in [0.2, 0.25) is 5.91 Å². The van der Waals surface area contributed by atoms with Crippen LogP contribution < -0.4 is 5.32 Å². The lowest BCUT2D eigenvalue weighted by atomic mass is 10.0. The van der Waals surface area contributed by atoms with Gasteiger partial charge in [-0.15, -0.1) is 0 Å². The summed E-state index contributed by atoms with van der Waals surface area (Å²) in [5, 5.41) is 23.2. The predicted octanol–water partition coefficient (Wildman–Crippen LogP) is 20.1. The van der Waals surface area contributed by atoms with Gasteiger partial charge in [-0.05, 0) is 89.9 Å². The predicted molar refractivity (Wildman–Crippen MR) is 315 cm³/mol. The van der Waals surface area contributed by atoms with Crippen LogP contribution in [0.25, 0.3) is 0 Å². The van der Waals surface area contributed by atoms with E-state index in [-0.39, 0.29) is 18.5 Å². The first-order chi connectivity index (χ1) is 35.5. The molecule has 0 fully saturated rings. The van der Waals surface area contributed by atoms with Gasteiger partial charge in [-0.2, -0.15) is 0 Å². The van der Waals surface area contributed by atoms with E-state index in [1.54, 1.807) is 6.08 Å². The highest BCUT2D eigenvalue weighted by atomic mass is 16.5. The monoisotopic (exact) mass is 1010 g/mol. The van der Waals surface area contributed by atoms with Crippen LogP contribution in [0.5, 0.6) is 0 Å². The zero-order valence-corrected chi connectivity index (χ0v) is 48.2. The van der Waals surface area contributed by atoms with Crippen molar-refractivity contribution >= 4 is 11.9 Å². The molecule has 1 amide bonds. The topological polar surface area (TPSA) is 95.9 Å². The van der Waals surface area contributed by atoms with Crippen LogP contribution in [0, 0.1) is 0 Å². The molecule has 0 spiro atoms. The maximum Gasteiger partial charge on any atom is 0.305 e. The van der Waals surface area contributed by atoms with E-state index in [9.17, 15) is 19.8 Å². The lowest BCUT2D eigenvalue weighted by Gasteiger charge is -2.20. The zero-order chi connectivity index (χ0) is 52.2. The van der Waals surface area contributed by atoms with Gasteiger partial charge in [0.05, 0.1) is 25.4 Å². The summed E-state index contributed by atoms with van der Waals surface area (Å²) < 4.78 is 5.46. The second-order valence-electron chi connectivity index (χ2n) is 21.7. The van der Waals surface area contributed by atoms with Crippen LogP contribution in [0.3, 0.4) is 0 Å². The first-order valence-electron chi connectivity index (χ1n) is 31.9. The molecule has 0 aliphatic heterocycles. The Morgan fingerprint density at radius 3 is 1.10 bits per heavy atom. The minimum absolute atomic E-state index is 0.00182. The molecule has 0 aliphatic carbocycles. The van der Waals surface area contributed by atoms with Crippen molar-refractivity contribution < 1.29 is 24.5 Å². The van der Waals surface area contributed by atoms with E-state index in [0.717, 1.165) is 51.4 Å². The number of hydrogen-bond acceptors (Lipinski definition) is 5. The summed E-state index contributed by atoms with van der Waals surface area (Å²) in [6, 6.07) is -0.634. The first-order valence-corrected chi connectivity index (χ1v) is 31.9. The SMILES string of the molecule is CCCCC/C=C\CCCCCCCC(=O)OCCCCCCCCCCC/C=C\C/C=C\CCCCCCCCCCCC(=O)NC(CO)C(O)/C=C/CCCCCCCCCCCCCCCCCC. The van der Waals surface area contributed by atoms with Gasteiger partial charge in [0.15, 0.2) is 0 Å². The molecule has 3 N–H and O–H groups in total. The van der Waals surface area contributed by atoms with Crippen molar-refractivity contribution in [2.24, 2.45) is 0 Å². The molecule has 6 heteroatoms. The average Bonchev–Trinajstić information content (AvgIpc) is 3.38. The number of hydrogen-bond donors (Lipinski definition) is 3. The Balaban J connectivity index is 3.47. The standard InChI is InChI=1S/C66H123NO5/c1-3-5-7-9-11-13-15-17-18-19-29-32-35-38-42-46-50-54-58-64(69)63(62-68)67-65(70)59-55-51-47-43-39-36-33-30-27-25-23-21-20-22-24-26-28-31-34-37-41-45-49-53-57-61-72-66(71)60-56-52-48-44-40-16-14-12-10-8-6-4-2/h12,14,21-24,54,58,63-64,68-69H,3-11,13,15-20,25-53,55-57,59-62H2,1-2H3,(H,67,70)/b14-12-,23-21-,24-22-,58-54+. The number of aliphatic hydroxyl groups excluding tert-OH is 2. The molecule has 0 aromatic rings. The summed E-state index contributed by atoms with van der Waals surface area (Å²) in [6.07, 6.45) is 78.7. The van der Waals surface area contributed by atoms with Crippen LogP contribution in [0.4, 0.5) is 0 Å². The number of ether oxygens (including phenoxy) is 1. The third kappa shape index (κ3) is 57.1. The number of carbonyl (C=O) groups excluding carboxylic acids is 2. The molecule has 0 aromatic carbocycles. The van der Waals surface area contributed by atoms with Crippen LogP contribution in [-0.2, 0) is 14.3 Å². The van der Waals surface area contributed by atoms with E-state index >= 15 is 0 Å². The maximum absolute atomic E-state index is 12.5. The number of aliphatic hydroxyl groups is 2. The maximum atomic E-state index is 12.5. The van der Waals surface area contributed by atoms with Crippen molar-refractivity contribution in [3.63, 3.8) is 0 Å². The molecule has 2 unspecified atom stereocenters. The Kier molecular flexibility index (Phi) is 59.5. The van der Waals surface area contributed by atoms with E-state index in [4.69, 9.17) is 4.74 Å². The van der Waals surface area contributed by atoms with Gasteiger partial charge in [-0.1, -0.05) is 281 Å². The number of carbonyl (C=O) groups is 2. The third-order valence-corrected chi connectivity index (χ3v) is 14.6. The fraction of sp³-hybridized carbons (Fsp3) is 0.848. The number of rotatable bonds is 59. The number of allylic oxidation sites excluding steroid dienone is 7. The summed E-state index contributed by atoms with van der Waals surface area (Å²) in [6.45, 7) is 4.88. The quantitative estimate of drug-likeness (QED) is 0.0320. The molecular formula is C66H123NO5. The third-order valence-electron chi connectivity index (χ3n) is 14.6. The van der Waals surface area contributed by atoms with E-state index in [1.165, 1.54) is 257 Å². The summed E-state index contributed by atoms with van der Waals surface area (Å²) in [5.41, 5.74) is 0. The van der Waals surface area contributed by atoms with Crippen molar-refractivity contribution in [3.05, 3.63) is 48.6 Å². The van der Waals surface area contributed by atoms with Gasteiger partial charge in [-0.25, -0.2) is 0 Å². The van der Waals surface area contributed by atoms with Crippen LogP contribution in [0.2, 0.25) is 0 Å². The molecule has 6 nitrogen and oxygen atoms in total. The lowest BCUT2D eigenvalue weighted by molar-refractivity contribution is -0.143. The van der Waals surface area contributed by atoms with Gasteiger partial charge in [0.1, 0.15) is 0 Å². The Hall–Kier alpha value is -2.18. The Morgan fingerprint density at radius 1 is 0.389 bits per heavy atom. The molecule has 0 heterocycles. The molecule has 2 atom stereocenters. The van der Waals surface area contributed by atoms with E-state index in [2.05, 4.69) is 55.6 Å². The highest BCUT2D eigenvalue weighted by molar-refractivity contribution is 5.76. The molecule has 72 heavy (non-hydrogen) atoms. The zero-order valence-electron chi connectivity index (χ0n) is 48.2. The van der Waals surface area contributed by atoms with Crippen LogP contribution >= 0.6 is 0 Å². The second-order valence-corrected chi connectivity index (χ2v) is 21.7. The summed E-state index contributed by atoms with van der Waals surface area (Å²) in [5.74, 6) is -0.0744. The van der Waals surface area contributed by atoms with Gasteiger partial charge < -0.3 is 20.3 Å². The number of esters is 1. The molecule has 0 aliphatic rings. The van der Waals surface area contributed by atoms with E-state index < -0.39 is 12.1 Å². The largest absolute Gasteiger partial charge is 0.466 e. The molecular weight excluding hydrogens is 887 g/mol. The smallest absolute Gasteiger partial charge is 0.305 e. The Bertz CT molecular complexity index is 1210. The molecule has 422 valence electrons. The van der Waals surface area contributed by atoms with Gasteiger partial charge in [0.25, 0.3) is 0 Å². The van der Waals surface area contributed by atoms with E-state index in [0.29, 0.717) is 19.4 Å². The minimum Gasteiger partial charge on any atom is -0.466 e. The number of unbranched alkanes of at least 4 members (excludes halogenated alkanes) is 42. The Labute approximate surface area is 448 Å². The van der Waals surface area contributed by atoms with Crippen molar-refractivity contribution in [2.45, 2.75) is 347 Å². The summed E-state index contributed by atoms with van der Waals surface area (Å²) in [7, 11) is 0. The van der Waals surface area contributed by atoms with Crippen molar-refractivity contribution in [1.29, 1.82) is 0 Å². The van der Waals surface area contributed by atoms with Gasteiger partial charge >= 0.3 is 5.97 Å². The molecule has 0 bridgehead atoms. The van der Waals surface area contributed by atoms with Crippen LogP contribution in [-0.4, -0.2) is 47.4 Å². The minimum atomic E-state index is -0.850.